The van der Waals surface area contributed by atoms with Crippen LogP contribution < -0.4 is 0 Å². The maximum Gasteiger partial charge on any atom is 0.294 e. The van der Waals surface area contributed by atoms with Crippen LogP contribution in [0.3, 0.4) is 0 Å². The molecule has 1 N–H and O–H groups in total. The van der Waals surface area contributed by atoms with Crippen molar-refractivity contribution in [1.29, 1.82) is 0 Å². The van der Waals surface area contributed by atoms with Gasteiger partial charge in [0.2, 0.25) is 0 Å². The molecule has 0 unspecified atom stereocenters. The maximum absolute atomic E-state index is 11.4. The monoisotopic (exact) mass is 278 g/mol. The smallest absolute Gasteiger partial charge is 0.282 e. The second-order valence-corrected chi connectivity index (χ2v) is 7.58. The average molecular weight is 278 g/mol. The Morgan fingerprint density at radius 3 is 1.82 bits per heavy atom. The molecule has 0 saturated carbocycles. The number of benzene rings is 1. The van der Waals surface area contributed by atoms with E-state index in [1.54, 1.807) is 13.8 Å². The zero-order chi connectivity index (χ0) is 13.4. The normalized spacial score (nSPS) is 13.0. The maximum atomic E-state index is 11.4. The van der Waals surface area contributed by atoms with E-state index in [0.29, 0.717) is 5.56 Å². The molecule has 0 fully saturated rings. The highest BCUT2D eigenvalue weighted by molar-refractivity contribution is 7.90. The molecule has 0 aliphatic carbocycles. The second-order valence-electron chi connectivity index (χ2n) is 4.14. The number of sulfone groups is 1. The summed E-state index contributed by atoms with van der Waals surface area (Å²) in [6.07, 6.45) is 0.986. The van der Waals surface area contributed by atoms with Gasteiger partial charge in [0, 0.05) is 6.26 Å². The highest BCUT2D eigenvalue weighted by Gasteiger charge is 2.17. The fourth-order valence-corrected chi connectivity index (χ4v) is 2.62. The topological polar surface area (TPSA) is 88.5 Å². The van der Waals surface area contributed by atoms with Crippen LogP contribution >= 0.6 is 0 Å². The molecule has 0 aromatic heterocycles. The van der Waals surface area contributed by atoms with Crippen LogP contribution in [-0.4, -0.2) is 27.6 Å². The van der Waals surface area contributed by atoms with Crippen molar-refractivity contribution < 1.29 is 21.4 Å². The molecule has 0 amide bonds. The van der Waals surface area contributed by atoms with Crippen LogP contribution in [0.2, 0.25) is 0 Å². The van der Waals surface area contributed by atoms with E-state index in [1.165, 1.54) is 12.1 Å². The summed E-state index contributed by atoms with van der Waals surface area (Å²) >= 11 is 0. The Balaban J connectivity index is 3.62. The van der Waals surface area contributed by atoms with Crippen molar-refractivity contribution in [1.82, 2.24) is 0 Å². The highest BCUT2D eigenvalue weighted by Crippen LogP contribution is 2.23. The molecule has 1 aromatic carbocycles. The van der Waals surface area contributed by atoms with Crippen LogP contribution in [0, 0.1) is 0 Å². The first kappa shape index (κ1) is 14.1. The third kappa shape index (κ3) is 3.52. The van der Waals surface area contributed by atoms with Crippen LogP contribution in [0.25, 0.3) is 0 Å². The van der Waals surface area contributed by atoms with Crippen LogP contribution in [0.4, 0.5) is 0 Å². The number of hydrogen-bond acceptors (Lipinski definition) is 4. The number of rotatable bonds is 3. The Morgan fingerprint density at radius 1 is 1.00 bits per heavy atom. The Labute approximate surface area is 101 Å². The summed E-state index contributed by atoms with van der Waals surface area (Å²) in [6, 6.07) is 3.64. The van der Waals surface area contributed by atoms with Gasteiger partial charge in [-0.3, -0.25) is 4.55 Å². The van der Waals surface area contributed by atoms with E-state index in [0.717, 1.165) is 12.3 Å². The van der Waals surface area contributed by atoms with Gasteiger partial charge in [-0.1, -0.05) is 13.8 Å². The molecule has 1 rings (SSSR count). The highest BCUT2D eigenvalue weighted by atomic mass is 32.2. The Morgan fingerprint density at radius 2 is 1.47 bits per heavy atom. The summed E-state index contributed by atoms with van der Waals surface area (Å²) < 4.78 is 53.9. The fraction of sp³-hybridized carbons (Fsp3) is 0.400. The van der Waals surface area contributed by atoms with E-state index in [2.05, 4.69) is 0 Å². The van der Waals surface area contributed by atoms with E-state index in [1.807, 2.05) is 0 Å². The van der Waals surface area contributed by atoms with Gasteiger partial charge < -0.3 is 0 Å². The largest absolute Gasteiger partial charge is 0.294 e. The van der Waals surface area contributed by atoms with Crippen molar-refractivity contribution in [2.45, 2.75) is 29.6 Å². The van der Waals surface area contributed by atoms with Gasteiger partial charge in [0.1, 0.15) is 0 Å². The summed E-state index contributed by atoms with van der Waals surface area (Å²) in [4.78, 5) is -0.513. The SMILES string of the molecule is CC(C)c1cc(S(C)(=O)=O)cc(S(=O)(=O)O)c1. The second kappa shape index (κ2) is 4.40. The van der Waals surface area contributed by atoms with Gasteiger partial charge >= 0.3 is 0 Å². The van der Waals surface area contributed by atoms with Crippen molar-refractivity contribution in [3.63, 3.8) is 0 Å². The van der Waals surface area contributed by atoms with Gasteiger partial charge in [-0.05, 0) is 29.7 Å². The molecule has 17 heavy (non-hydrogen) atoms. The van der Waals surface area contributed by atoms with Crippen LogP contribution in [-0.2, 0) is 20.0 Å². The van der Waals surface area contributed by atoms with Crippen LogP contribution in [0.15, 0.2) is 28.0 Å². The summed E-state index contributed by atoms with van der Waals surface area (Å²) in [5, 5.41) is 0. The molecule has 0 saturated heterocycles. The molecule has 0 aliphatic rings. The van der Waals surface area contributed by atoms with Gasteiger partial charge in [0.25, 0.3) is 10.1 Å². The third-order valence-electron chi connectivity index (χ3n) is 2.30. The zero-order valence-corrected chi connectivity index (χ0v) is 11.3. The minimum atomic E-state index is -4.41. The fourth-order valence-electron chi connectivity index (χ4n) is 1.29. The summed E-state index contributed by atoms with van der Waals surface area (Å²) in [6.45, 7) is 3.60. The van der Waals surface area contributed by atoms with Crippen molar-refractivity contribution in [2.24, 2.45) is 0 Å². The summed E-state index contributed by atoms with van der Waals surface area (Å²) in [5.41, 5.74) is 0.542. The molecule has 1 aromatic rings. The van der Waals surface area contributed by atoms with E-state index in [9.17, 15) is 16.8 Å². The number of hydrogen-bond donors (Lipinski definition) is 1. The van der Waals surface area contributed by atoms with Gasteiger partial charge in [-0.2, -0.15) is 8.42 Å². The van der Waals surface area contributed by atoms with Crippen molar-refractivity contribution >= 4 is 20.0 Å². The quantitative estimate of drug-likeness (QED) is 0.846. The van der Waals surface area contributed by atoms with Gasteiger partial charge in [0.15, 0.2) is 9.84 Å². The lowest BCUT2D eigenvalue weighted by atomic mass is 10.0. The Hall–Kier alpha value is -0.920. The predicted molar refractivity (Wildman–Crippen MR) is 63.5 cm³/mol. The van der Waals surface area contributed by atoms with E-state index in [4.69, 9.17) is 4.55 Å². The average Bonchev–Trinajstić information content (AvgIpc) is 2.14. The molecular formula is C10H14O5S2. The standard InChI is InChI=1S/C10H14O5S2/c1-7(2)8-4-9(16(3,11)12)6-10(5-8)17(13,14)15/h4-7H,1-3H3,(H,13,14,15). The van der Waals surface area contributed by atoms with Gasteiger partial charge in [0.05, 0.1) is 9.79 Å². The lowest BCUT2D eigenvalue weighted by Gasteiger charge is -2.09. The molecule has 0 atom stereocenters. The van der Waals surface area contributed by atoms with Crippen molar-refractivity contribution in [3.05, 3.63) is 23.8 Å². The molecule has 0 heterocycles. The predicted octanol–water partition coefficient (Wildman–Crippen LogP) is 1.46. The first-order chi connectivity index (χ1) is 7.51. The molecular weight excluding hydrogens is 264 g/mol. The minimum absolute atomic E-state index is 0.0443. The van der Waals surface area contributed by atoms with Gasteiger partial charge in [-0.15, -0.1) is 0 Å². The Bertz CT molecular complexity index is 576. The first-order valence-corrected chi connectivity index (χ1v) is 8.17. The van der Waals surface area contributed by atoms with Crippen molar-refractivity contribution in [2.75, 3.05) is 6.26 Å². The van der Waals surface area contributed by atoms with E-state index < -0.39 is 24.9 Å². The molecule has 0 radical (unpaired) electrons. The zero-order valence-electron chi connectivity index (χ0n) is 9.71. The molecule has 0 aliphatic heterocycles. The molecule has 96 valence electrons. The molecule has 5 nitrogen and oxygen atoms in total. The lowest BCUT2D eigenvalue weighted by Crippen LogP contribution is -2.05. The van der Waals surface area contributed by atoms with Crippen LogP contribution in [0.1, 0.15) is 25.3 Å². The van der Waals surface area contributed by atoms with Gasteiger partial charge in [-0.25, -0.2) is 8.42 Å². The molecule has 0 spiro atoms. The molecule has 0 bridgehead atoms. The summed E-state index contributed by atoms with van der Waals surface area (Å²) in [5.74, 6) is -0.0443. The lowest BCUT2D eigenvalue weighted by molar-refractivity contribution is 0.482. The summed E-state index contributed by atoms with van der Waals surface area (Å²) in [7, 11) is -7.92. The van der Waals surface area contributed by atoms with Crippen molar-refractivity contribution in [3.8, 4) is 0 Å². The third-order valence-corrected chi connectivity index (χ3v) is 4.22. The molecule has 7 heteroatoms. The first-order valence-electron chi connectivity index (χ1n) is 4.84. The van der Waals surface area contributed by atoms with Crippen LogP contribution in [0.5, 0.6) is 0 Å². The Kier molecular flexibility index (Phi) is 3.66. The minimum Gasteiger partial charge on any atom is -0.282 e. The van der Waals surface area contributed by atoms with E-state index >= 15 is 0 Å². The van der Waals surface area contributed by atoms with E-state index in [-0.39, 0.29) is 10.8 Å².